The Labute approximate surface area is 127 Å². The van der Waals surface area contributed by atoms with Gasteiger partial charge >= 0.3 is 0 Å². The monoisotopic (exact) mass is 371 g/mol. The smallest absolute Gasteiger partial charge is 0.222 e. The Morgan fingerprint density at radius 1 is 1.53 bits per heavy atom. The summed E-state index contributed by atoms with van der Waals surface area (Å²) in [5, 5.41) is 0. The molecule has 2 unspecified atom stereocenters. The number of amides is 1. The van der Waals surface area contributed by atoms with E-state index in [0.29, 0.717) is 18.4 Å². The Bertz CT molecular complexity index is 529. The Hall–Kier alpha value is -0.780. The Morgan fingerprint density at radius 2 is 2.32 bits per heavy atom. The van der Waals surface area contributed by atoms with Crippen LogP contribution in [0.2, 0.25) is 0 Å². The number of ether oxygens (including phenoxy) is 1. The predicted octanol–water partition coefficient (Wildman–Crippen LogP) is 2.95. The number of fused-ring (bicyclic) bond motifs is 1. The zero-order valence-corrected chi connectivity index (χ0v) is 13.4. The maximum atomic E-state index is 11.8. The molecule has 1 heterocycles. The van der Waals surface area contributed by atoms with Crippen molar-refractivity contribution in [2.75, 3.05) is 13.7 Å². The number of likely N-dealkylation sites (N-methyl/N-ethyl adjacent to an activating group) is 1. The number of carbonyl (C=O) groups excluding carboxylic acids is 1. The molecular formula is C15H18INO2. The third kappa shape index (κ3) is 2.24. The number of nitrogens with zero attached hydrogens (tertiary/aromatic N) is 1. The highest BCUT2D eigenvalue weighted by Crippen LogP contribution is 2.49. The molecule has 1 amide bonds. The Kier molecular flexibility index (Phi) is 3.45. The summed E-state index contributed by atoms with van der Waals surface area (Å²) in [6.07, 6.45) is 2.69. The van der Waals surface area contributed by atoms with Crippen molar-refractivity contribution in [3.63, 3.8) is 0 Å². The standard InChI is InChI=1S/C15H18INO2/c1-3-14(18)17(2)12-8-10(12)15-9-6-7-19-13(9)5-4-11(15)16/h4-5,10,12H,3,6-8H2,1-2H3. The highest BCUT2D eigenvalue weighted by Gasteiger charge is 2.45. The van der Waals surface area contributed by atoms with E-state index in [2.05, 4.69) is 34.7 Å². The largest absolute Gasteiger partial charge is 0.493 e. The van der Waals surface area contributed by atoms with Crippen molar-refractivity contribution in [1.82, 2.24) is 4.90 Å². The number of hydrogen-bond donors (Lipinski definition) is 0. The summed E-state index contributed by atoms with van der Waals surface area (Å²) in [5.41, 5.74) is 2.80. The summed E-state index contributed by atoms with van der Waals surface area (Å²) in [5.74, 6) is 1.79. The SMILES string of the molecule is CCC(=O)N(C)C1CC1c1c(I)ccc2c1CCO2. The topological polar surface area (TPSA) is 29.5 Å². The third-order valence-corrected chi connectivity index (χ3v) is 5.13. The number of halogens is 1. The van der Waals surface area contributed by atoms with Gasteiger partial charge in [-0.25, -0.2) is 0 Å². The summed E-state index contributed by atoms with van der Waals surface area (Å²) in [7, 11) is 1.93. The minimum Gasteiger partial charge on any atom is -0.493 e. The first kappa shape index (κ1) is 13.2. The predicted molar refractivity (Wildman–Crippen MR) is 82.6 cm³/mol. The van der Waals surface area contributed by atoms with Crippen molar-refractivity contribution in [3.8, 4) is 5.75 Å². The Morgan fingerprint density at radius 3 is 3.05 bits per heavy atom. The summed E-state index contributed by atoms with van der Waals surface area (Å²) in [6, 6.07) is 4.59. The second kappa shape index (κ2) is 4.96. The Balaban J connectivity index is 1.86. The molecule has 1 aliphatic carbocycles. The van der Waals surface area contributed by atoms with Gasteiger partial charge in [-0.15, -0.1) is 0 Å². The van der Waals surface area contributed by atoms with Crippen molar-refractivity contribution in [3.05, 3.63) is 26.8 Å². The molecule has 0 N–H and O–H groups in total. The van der Waals surface area contributed by atoms with Crippen molar-refractivity contribution in [1.29, 1.82) is 0 Å². The minimum absolute atomic E-state index is 0.242. The fourth-order valence-electron chi connectivity index (χ4n) is 3.03. The van der Waals surface area contributed by atoms with Gasteiger partial charge in [0.15, 0.2) is 0 Å². The average molecular weight is 371 g/mol. The van der Waals surface area contributed by atoms with Crippen LogP contribution in [-0.4, -0.2) is 30.5 Å². The summed E-state index contributed by atoms with van der Waals surface area (Å²) in [4.78, 5) is 13.7. The summed E-state index contributed by atoms with van der Waals surface area (Å²) >= 11 is 2.41. The zero-order chi connectivity index (χ0) is 13.6. The quantitative estimate of drug-likeness (QED) is 0.765. The average Bonchev–Trinajstić information content (AvgIpc) is 3.05. The van der Waals surface area contributed by atoms with Crippen LogP contribution in [0, 0.1) is 3.57 Å². The van der Waals surface area contributed by atoms with E-state index in [-0.39, 0.29) is 5.91 Å². The molecule has 0 aromatic heterocycles. The van der Waals surface area contributed by atoms with Crippen molar-refractivity contribution in [2.45, 2.75) is 38.1 Å². The molecule has 102 valence electrons. The molecule has 2 aliphatic rings. The maximum absolute atomic E-state index is 11.8. The fraction of sp³-hybridized carbons (Fsp3) is 0.533. The van der Waals surface area contributed by atoms with Gasteiger partial charge in [0.2, 0.25) is 5.91 Å². The molecule has 1 fully saturated rings. The molecule has 0 bridgehead atoms. The van der Waals surface area contributed by atoms with Crippen LogP contribution in [0.4, 0.5) is 0 Å². The first-order chi connectivity index (χ1) is 9.13. The van der Waals surface area contributed by atoms with E-state index >= 15 is 0 Å². The number of rotatable bonds is 3. The lowest BCUT2D eigenvalue weighted by atomic mass is 10.0. The van der Waals surface area contributed by atoms with Crippen LogP contribution in [0.1, 0.15) is 36.8 Å². The van der Waals surface area contributed by atoms with E-state index < -0.39 is 0 Å². The molecule has 3 rings (SSSR count). The summed E-state index contributed by atoms with van der Waals surface area (Å²) < 4.78 is 6.96. The van der Waals surface area contributed by atoms with Crippen LogP contribution in [0.5, 0.6) is 5.75 Å². The first-order valence-electron chi connectivity index (χ1n) is 6.83. The maximum Gasteiger partial charge on any atom is 0.222 e. The second-order valence-electron chi connectivity index (χ2n) is 5.30. The molecule has 0 radical (unpaired) electrons. The summed E-state index contributed by atoms with van der Waals surface area (Å²) in [6.45, 7) is 2.72. The van der Waals surface area contributed by atoms with Crippen LogP contribution in [0.15, 0.2) is 12.1 Å². The normalized spacial score (nSPS) is 23.7. The zero-order valence-electron chi connectivity index (χ0n) is 11.3. The van der Waals surface area contributed by atoms with Crippen LogP contribution >= 0.6 is 22.6 Å². The van der Waals surface area contributed by atoms with E-state index in [1.54, 1.807) is 0 Å². The van der Waals surface area contributed by atoms with Crippen LogP contribution < -0.4 is 4.74 Å². The van der Waals surface area contributed by atoms with Crippen molar-refractivity contribution in [2.24, 2.45) is 0 Å². The lowest BCUT2D eigenvalue weighted by Gasteiger charge is -2.17. The van der Waals surface area contributed by atoms with Crippen molar-refractivity contribution < 1.29 is 9.53 Å². The second-order valence-corrected chi connectivity index (χ2v) is 6.47. The molecular weight excluding hydrogens is 353 g/mol. The molecule has 19 heavy (non-hydrogen) atoms. The number of hydrogen-bond acceptors (Lipinski definition) is 2. The molecule has 1 aromatic rings. The molecule has 1 aliphatic heterocycles. The fourth-order valence-corrected chi connectivity index (χ4v) is 3.93. The lowest BCUT2D eigenvalue weighted by Crippen LogP contribution is -2.29. The molecule has 4 heteroatoms. The van der Waals surface area contributed by atoms with E-state index in [0.717, 1.165) is 25.2 Å². The van der Waals surface area contributed by atoms with Crippen LogP contribution in [0.3, 0.4) is 0 Å². The number of carbonyl (C=O) groups is 1. The van der Waals surface area contributed by atoms with Gasteiger partial charge in [0.1, 0.15) is 5.75 Å². The van der Waals surface area contributed by atoms with Gasteiger partial charge in [-0.2, -0.15) is 0 Å². The van der Waals surface area contributed by atoms with Gasteiger partial charge in [-0.1, -0.05) is 6.92 Å². The minimum atomic E-state index is 0.242. The molecule has 1 aromatic carbocycles. The van der Waals surface area contributed by atoms with Gasteiger partial charge < -0.3 is 9.64 Å². The van der Waals surface area contributed by atoms with Gasteiger partial charge in [0.25, 0.3) is 0 Å². The van der Waals surface area contributed by atoms with Crippen LogP contribution in [-0.2, 0) is 11.2 Å². The highest BCUT2D eigenvalue weighted by molar-refractivity contribution is 14.1. The number of benzene rings is 1. The van der Waals surface area contributed by atoms with Gasteiger partial charge in [0, 0.05) is 41.0 Å². The lowest BCUT2D eigenvalue weighted by molar-refractivity contribution is -0.130. The first-order valence-corrected chi connectivity index (χ1v) is 7.91. The molecule has 0 saturated heterocycles. The van der Waals surface area contributed by atoms with Crippen molar-refractivity contribution >= 4 is 28.5 Å². The third-order valence-electron chi connectivity index (χ3n) is 4.19. The van der Waals surface area contributed by atoms with E-state index in [1.807, 2.05) is 18.9 Å². The van der Waals surface area contributed by atoms with Gasteiger partial charge in [-0.05, 0) is 46.7 Å². The van der Waals surface area contributed by atoms with E-state index in [9.17, 15) is 4.79 Å². The van der Waals surface area contributed by atoms with Crippen LogP contribution in [0.25, 0.3) is 0 Å². The molecule has 1 saturated carbocycles. The molecule has 2 atom stereocenters. The molecule has 3 nitrogen and oxygen atoms in total. The van der Waals surface area contributed by atoms with Gasteiger partial charge in [0.05, 0.1) is 6.61 Å². The van der Waals surface area contributed by atoms with E-state index in [1.165, 1.54) is 14.7 Å². The van der Waals surface area contributed by atoms with Gasteiger partial charge in [-0.3, -0.25) is 4.79 Å². The highest BCUT2D eigenvalue weighted by atomic mass is 127. The molecule has 0 spiro atoms. The van der Waals surface area contributed by atoms with E-state index in [4.69, 9.17) is 4.74 Å².